The first-order valence-corrected chi connectivity index (χ1v) is 6.21. The van der Waals surface area contributed by atoms with Gasteiger partial charge in [-0.05, 0) is 0 Å². The number of fused-ring (bicyclic) bond motifs is 3. The first-order chi connectivity index (χ1) is 9.16. The Morgan fingerprint density at radius 2 is 2.26 bits per heavy atom. The molecule has 1 saturated carbocycles. The quantitative estimate of drug-likeness (QED) is 0.617. The summed E-state index contributed by atoms with van der Waals surface area (Å²) in [7, 11) is 0. The monoisotopic (exact) mass is 265 g/mol. The number of nitrogens with two attached hydrogens (primary N) is 1. The van der Waals surface area contributed by atoms with Crippen molar-refractivity contribution in [3.63, 3.8) is 0 Å². The second-order valence-electron chi connectivity index (χ2n) is 5.12. The van der Waals surface area contributed by atoms with Crippen molar-refractivity contribution in [1.82, 2.24) is 10.3 Å². The second kappa shape index (κ2) is 3.49. The fraction of sp³-hybridized carbons (Fsp3) is 0.417. The molecule has 0 bridgehead atoms. The van der Waals surface area contributed by atoms with E-state index in [1.807, 2.05) is 0 Å². The molecule has 0 spiro atoms. The average Bonchev–Trinajstić information content (AvgIpc) is 2.87. The summed E-state index contributed by atoms with van der Waals surface area (Å²) in [5.74, 6) is 0.0887. The van der Waals surface area contributed by atoms with Crippen LogP contribution in [0.2, 0.25) is 0 Å². The van der Waals surface area contributed by atoms with Crippen LogP contribution in [0.3, 0.4) is 0 Å². The van der Waals surface area contributed by atoms with Gasteiger partial charge < -0.3 is 21.4 Å². The minimum atomic E-state index is -0.805. The Kier molecular flexibility index (Phi) is 1.99. The van der Waals surface area contributed by atoms with Gasteiger partial charge in [0.25, 0.3) is 0 Å². The molecule has 4 atom stereocenters. The molecule has 3 heterocycles. The van der Waals surface area contributed by atoms with Gasteiger partial charge in [0.2, 0.25) is 0 Å². The van der Waals surface area contributed by atoms with Crippen molar-refractivity contribution < 1.29 is 8.78 Å². The Labute approximate surface area is 108 Å². The number of aliphatic imine (C=N–C) groups is 1. The zero-order valence-electron chi connectivity index (χ0n) is 9.95. The highest BCUT2D eigenvalue weighted by atomic mass is 19.1. The first kappa shape index (κ1) is 10.8. The van der Waals surface area contributed by atoms with Gasteiger partial charge in [-0.1, -0.05) is 0 Å². The molecule has 19 heavy (non-hydrogen) atoms. The third kappa shape index (κ3) is 1.41. The number of rotatable bonds is 1. The summed E-state index contributed by atoms with van der Waals surface area (Å²) in [6, 6.07) is 0. The van der Waals surface area contributed by atoms with E-state index in [-0.39, 0.29) is 17.7 Å². The predicted molar refractivity (Wildman–Crippen MR) is 67.1 cm³/mol. The lowest BCUT2D eigenvalue weighted by atomic mass is 10.0. The summed E-state index contributed by atoms with van der Waals surface area (Å²) >= 11 is 0. The fourth-order valence-electron chi connectivity index (χ4n) is 2.97. The molecule has 2 aliphatic heterocycles. The van der Waals surface area contributed by atoms with Crippen LogP contribution < -0.4 is 16.4 Å². The standard InChI is InChI=1S/C12H13F2N5/c13-6-3-18-11(19-10(6)15)5-2-17-12-8(5)7-4(1-16-12)9(7)14/h2-4,7,9,11,16-18H,1H2,(H2,15,19)/t4-,7?,9-,11?/m0/s1. The van der Waals surface area contributed by atoms with E-state index in [4.69, 9.17) is 5.73 Å². The summed E-state index contributed by atoms with van der Waals surface area (Å²) in [6.45, 7) is 0.650. The predicted octanol–water partition coefficient (Wildman–Crippen LogP) is 1.26. The largest absolute Gasteiger partial charge is 0.381 e. The molecule has 5 N–H and O–H groups in total. The van der Waals surface area contributed by atoms with Crippen LogP contribution in [0.15, 0.2) is 23.2 Å². The van der Waals surface area contributed by atoms with Crippen LogP contribution in [0, 0.1) is 5.92 Å². The van der Waals surface area contributed by atoms with Crippen molar-refractivity contribution in [3.8, 4) is 0 Å². The van der Waals surface area contributed by atoms with Gasteiger partial charge in [-0.3, -0.25) is 0 Å². The van der Waals surface area contributed by atoms with Crippen LogP contribution >= 0.6 is 0 Å². The molecular weight excluding hydrogens is 252 g/mol. The Morgan fingerprint density at radius 1 is 1.42 bits per heavy atom. The fourth-order valence-corrected chi connectivity index (χ4v) is 2.97. The SMILES string of the molecule is NC1=NC(c2c[nH]c3c2C2[C@@H](F)[C@H]2CN3)NC=C1F. The van der Waals surface area contributed by atoms with Gasteiger partial charge >= 0.3 is 0 Å². The maximum absolute atomic E-state index is 13.7. The highest BCUT2D eigenvalue weighted by molar-refractivity contribution is 5.95. The van der Waals surface area contributed by atoms with Crippen LogP contribution in [0.5, 0.6) is 0 Å². The summed E-state index contributed by atoms with van der Waals surface area (Å²) in [6.07, 6.45) is 1.70. The molecule has 0 amide bonds. The number of anilines is 1. The zero-order chi connectivity index (χ0) is 13.1. The van der Waals surface area contributed by atoms with E-state index in [0.29, 0.717) is 6.54 Å². The summed E-state index contributed by atoms with van der Waals surface area (Å²) in [5.41, 5.74) is 7.22. The van der Waals surface area contributed by atoms with Crippen LogP contribution in [-0.4, -0.2) is 23.5 Å². The minimum Gasteiger partial charge on any atom is -0.381 e. The van der Waals surface area contributed by atoms with E-state index in [2.05, 4.69) is 20.6 Å². The summed E-state index contributed by atoms with van der Waals surface area (Å²) in [4.78, 5) is 7.15. The van der Waals surface area contributed by atoms with Crippen molar-refractivity contribution in [2.24, 2.45) is 16.6 Å². The molecule has 0 saturated heterocycles. The highest BCUT2D eigenvalue weighted by Gasteiger charge is 2.56. The number of hydrogen-bond acceptors (Lipinski definition) is 4. The van der Waals surface area contributed by atoms with E-state index in [0.717, 1.165) is 16.9 Å². The van der Waals surface area contributed by atoms with Crippen molar-refractivity contribution in [2.75, 3.05) is 11.9 Å². The van der Waals surface area contributed by atoms with Crippen LogP contribution in [0.1, 0.15) is 23.2 Å². The third-order valence-electron chi connectivity index (χ3n) is 4.05. The van der Waals surface area contributed by atoms with Gasteiger partial charge in [0.1, 0.15) is 18.2 Å². The van der Waals surface area contributed by atoms with E-state index in [9.17, 15) is 8.78 Å². The number of aromatic amines is 1. The molecule has 4 rings (SSSR count). The number of hydrogen-bond donors (Lipinski definition) is 4. The van der Waals surface area contributed by atoms with Crippen molar-refractivity contribution in [1.29, 1.82) is 0 Å². The van der Waals surface area contributed by atoms with E-state index < -0.39 is 18.2 Å². The van der Waals surface area contributed by atoms with Gasteiger partial charge in [0.15, 0.2) is 11.7 Å². The number of amidine groups is 1. The molecule has 7 heteroatoms. The van der Waals surface area contributed by atoms with Crippen LogP contribution in [-0.2, 0) is 0 Å². The van der Waals surface area contributed by atoms with Gasteiger partial charge in [-0.2, -0.15) is 0 Å². The average molecular weight is 265 g/mol. The Balaban J connectivity index is 1.73. The first-order valence-electron chi connectivity index (χ1n) is 6.21. The summed E-state index contributed by atoms with van der Waals surface area (Å²) in [5, 5.41) is 6.00. The van der Waals surface area contributed by atoms with E-state index >= 15 is 0 Å². The molecule has 3 aliphatic rings. The smallest absolute Gasteiger partial charge is 0.180 e. The lowest BCUT2D eigenvalue weighted by Gasteiger charge is -2.20. The molecule has 100 valence electrons. The lowest BCUT2D eigenvalue weighted by Crippen LogP contribution is -2.27. The Bertz CT molecular complexity index is 605. The van der Waals surface area contributed by atoms with E-state index in [1.54, 1.807) is 6.20 Å². The topological polar surface area (TPSA) is 78.2 Å². The molecule has 1 aliphatic carbocycles. The minimum absolute atomic E-state index is 0.0410. The molecule has 1 aromatic heterocycles. The molecular formula is C12H13F2N5. The maximum atomic E-state index is 13.7. The van der Waals surface area contributed by atoms with Crippen LogP contribution in [0.4, 0.5) is 14.6 Å². The highest BCUT2D eigenvalue weighted by Crippen LogP contribution is 2.56. The maximum Gasteiger partial charge on any atom is 0.180 e. The Morgan fingerprint density at radius 3 is 3.05 bits per heavy atom. The normalized spacial score (nSPS) is 35.3. The molecule has 5 nitrogen and oxygen atoms in total. The zero-order valence-corrected chi connectivity index (χ0v) is 9.95. The number of nitrogens with one attached hydrogen (secondary N) is 3. The number of alkyl halides is 1. The van der Waals surface area contributed by atoms with E-state index in [1.165, 1.54) is 6.20 Å². The van der Waals surface area contributed by atoms with Gasteiger partial charge in [0.05, 0.1) is 0 Å². The number of nitrogens with zero attached hydrogens (tertiary/aromatic N) is 1. The van der Waals surface area contributed by atoms with Crippen molar-refractivity contribution in [2.45, 2.75) is 18.3 Å². The van der Waals surface area contributed by atoms with Crippen LogP contribution in [0.25, 0.3) is 0 Å². The molecule has 2 unspecified atom stereocenters. The lowest BCUT2D eigenvalue weighted by molar-refractivity contribution is 0.446. The molecule has 0 radical (unpaired) electrons. The number of H-pyrrole nitrogens is 1. The number of halogens is 2. The third-order valence-corrected chi connectivity index (χ3v) is 4.05. The molecule has 1 aromatic rings. The molecule has 1 fully saturated rings. The van der Waals surface area contributed by atoms with Gasteiger partial charge in [-0.25, -0.2) is 13.8 Å². The van der Waals surface area contributed by atoms with Crippen molar-refractivity contribution >= 4 is 11.7 Å². The second-order valence-corrected chi connectivity index (χ2v) is 5.12. The number of aromatic nitrogens is 1. The van der Waals surface area contributed by atoms with Crippen molar-refractivity contribution in [3.05, 3.63) is 29.4 Å². The Hall–Kier alpha value is -2.05. The summed E-state index contributed by atoms with van der Waals surface area (Å²) < 4.78 is 26.9. The van der Waals surface area contributed by atoms with Gasteiger partial charge in [0, 0.05) is 41.9 Å². The molecule has 0 aromatic carbocycles. The van der Waals surface area contributed by atoms with Gasteiger partial charge in [-0.15, -0.1) is 0 Å².